The summed E-state index contributed by atoms with van der Waals surface area (Å²) in [5.41, 5.74) is 1.35. The van der Waals surface area contributed by atoms with Gasteiger partial charge in [-0.2, -0.15) is 4.31 Å². The second-order valence-corrected chi connectivity index (χ2v) is 8.86. The summed E-state index contributed by atoms with van der Waals surface area (Å²) in [6, 6.07) is 14.1. The second kappa shape index (κ2) is 7.50. The molecule has 0 aromatic heterocycles. The van der Waals surface area contributed by atoms with Crippen LogP contribution in [0.4, 0.5) is 11.4 Å². The lowest BCUT2D eigenvalue weighted by Crippen LogP contribution is -2.40. The van der Waals surface area contributed by atoms with Gasteiger partial charge in [0.2, 0.25) is 10.0 Å². The molecule has 4 rings (SSSR count). The van der Waals surface area contributed by atoms with Gasteiger partial charge in [-0.1, -0.05) is 30.3 Å². The van der Waals surface area contributed by atoms with Gasteiger partial charge in [-0.25, -0.2) is 8.42 Å². The summed E-state index contributed by atoms with van der Waals surface area (Å²) in [6.45, 7) is 1.10. The van der Waals surface area contributed by atoms with Crippen molar-refractivity contribution in [3.63, 3.8) is 0 Å². The zero-order chi connectivity index (χ0) is 19.7. The molecule has 2 aliphatic rings. The van der Waals surface area contributed by atoms with Gasteiger partial charge >= 0.3 is 0 Å². The quantitative estimate of drug-likeness (QED) is 0.588. The number of nitro benzene ring substituents is 1. The lowest BCUT2D eigenvalue weighted by molar-refractivity contribution is -0.385. The molecule has 0 amide bonds. The smallest absolute Gasteiger partial charge is 0.270 e. The van der Waals surface area contributed by atoms with Crippen molar-refractivity contribution in [1.29, 1.82) is 0 Å². The van der Waals surface area contributed by atoms with E-state index in [0.717, 1.165) is 12.5 Å². The van der Waals surface area contributed by atoms with Gasteiger partial charge < -0.3 is 10.1 Å². The van der Waals surface area contributed by atoms with Crippen molar-refractivity contribution >= 4 is 21.4 Å². The normalized spacial score (nSPS) is 22.6. The highest BCUT2D eigenvalue weighted by molar-refractivity contribution is 7.89. The maximum absolute atomic E-state index is 13.1. The molecule has 1 saturated heterocycles. The minimum atomic E-state index is -3.86. The van der Waals surface area contributed by atoms with E-state index in [-0.39, 0.29) is 29.7 Å². The monoisotopic (exact) mass is 403 g/mol. The number of ether oxygens (including phenoxy) is 1. The van der Waals surface area contributed by atoms with Crippen molar-refractivity contribution in [2.45, 2.75) is 23.3 Å². The van der Waals surface area contributed by atoms with Crippen LogP contribution in [0.1, 0.15) is 17.9 Å². The average Bonchev–Trinajstić information content (AvgIpc) is 3.48. The van der Waals surface area contributed by atoms with Gasteiger partial charge in [0.15, 0.2) is 0 Å². The Labute approximate surface area is 163 Å². The van der Waals surface area contributed by atoms with Crippen LogP contribution in [0.25, 0.3) is 0 Å². The summed E-state index contributed by atoms with van der Waals surface area (Å²) in [7, 11) is -3.86. The molecular formula is C19H21N3O5S. The van der Waals surface area contributed by atoms with Crippen molar-refractivity contribution in [3.05, 3.63) is 64.2 Å². The number of nitrogens with zero attached hydrogens (tertiary/aromatic N) is 2. The SMILES string of the molecule is O=[N+]([O-])c1ccc(NC2CC2c2ccccc2)c(S(=O)(=O)N2CCOCC2)c1. The number of hydrogen-bond donors (Lipinski definition) is 1. The fourth-order valence-corrected chi connectivity index (χ4v) is 5.09. The summed E-state index contributed by atoms with van der Waals surface area (Å²) >= 11 is 0. The van der Waals surface area contributed by atoms with Crippen LogP contribution in [0, 0.1) is 10.1 Å². The van der Waals surface area contributed by atoms with Crippen molar-refractivity contribution < 1.29 is 18.1 Å². The number of benzene rings is 2. The van der Waals surface area contributed by atoms with E-state index in [2.05, 4.69) is 5.32 Å². The summed E-state index contributed by atoms with van der Waals surface area (Å²) in [5.74, 6) is 0.301. The van der Waals surface area contributed by atoms with Crippen LogP contribution >= 0.6 is 0 Å². The van der Waals surface area contributed by atoms with Crippen molar-refractivity contribution in [1.82, 2.24) is 4.31 Å². The molecule has 1 aliphatic heterocycles. The minimum absolute atomic E-state index is 0.0534. The molecule has 2 atom stereocenters. The standard InChI is InChI=1S/C19H21N3O5S/c23-22(24)15-6-7-17(20-18-13-16(18)14-4-2-1-3-5-14)19(12-15)28(25,26)21-8-10-27-11-9-21/h1-7,12,16,18,20H,8-11,13H2. The summed E-state index contributed by atoms with van der Waals surface area (Å²) in [4.78, 5) is 10.6. The van der Waals surface area contributed by atoms with E-state index >= 15 is 0 Å². The molecule has 1 N–H and O–H groups in total. The maximum Gasteiger partial charge on any atom is 0.270 e. The Hall–Kier alpha value is -2.49. The molecule has 0 bridgehead atoms. The van der Waals surface area contributed by atoms with Gasteiger partial charge in [-0.05, 0) is 18.1 Å². The molecule has 28 heavy (non-hydrogen) atoms. The highest BCUT2D eigenvalue weighted by Crippen LogP contribution is 2.44. The second-order valence-electron chi connectivity index (χ2n) is 6.96. The largest absolute Gasteiger partial charge is 0.381 e. The third-order valence-electron chi connectivity index (χ3n) is 5.12. The molecule has 148 valence electrons. The first kappa shape index (κ1) is 18.9. The maximum atomic E-state index is 13.1. The number of rotatable bonds is 6. The number of anilines is 1. The van der Waals surface area contributed by atoms with Gasteiger partial charge in [0.25, 0.3) is 5.69 Å². The van der Waals surface area contributed by atoms with Crippen LogP contribution in [0.2, 0.25) is 0 Å². The van der Waals surface area contributed by atoms with Gasteiger partial charge in [0, 0.05) is 37.2 Å². The molecule has 9 heteroatoms. The number of nitrogens with one attached hydrogen (secondary N) is 1. The predicted molar refractivity (Wildman–Crippen MR) is 104 cm³/mol. The van der Waals surface area contributed by atoms with Gasteiger partial charge in [-0.3, -0.25) is 10.1 Å². The number of morpholine rings is 1. The Morgan fingerprint density at radius 2 is 1.82 bits per heavy atom. The van der Waals surface area contributed by atoms with Crippen LogP contribution in [0.3, 0.4) is 0 Å². The Kier molecular flexibility index (Phi) is 5.05. The van der Waals surface area contributed by atoms with E-state index in [1.165, 1.54) is 22.0 Å². The third kappa shape index (κ3) is 3.73. The van der Waals surface area contributed by atoms with Crippen LogP contribution in [0.15, 0.2) is 53.4 Å². The topological polar surface area (TPSA) is 102 Å². The van der Waals surface area contributed by atoms with Crippen LogP contribution < -0.4 is 5.32 Å². The zero-order valence-corrected chi connectivity index (χ0v) is 16.0. The molecule has 1 aliphatic carbocycles. The van der Waals surface area contributed by atoms with E-state index in [4.69, 9.17) is 4.74 Å². The molecule has 2 aromatic carbocycles. The molecule has 0 spiro atoms. The zero-order valence-electron chi connectivity index (χ0n) is 15.2. The van der Waals surface area contributed by atoms with E-state index in [1.54, 1.807) is 0 Å². The number of nitro groups is 1. The molecule has 2 fully saturated rings. The molecular weight excluding hydrogens is 382 g/mol. The number of sulfonamides is 1. The summed E-state index contributed by atoms with van der Waals surface area (Å²) < 4.78 is 32.8. The molecule has 0 radical (unpaired) electrons. The van der Waals surface area contributed by atoms with E-state index in [0.29, 0.717) is 24.8 Å². The van der Waals surface area contributed by atoms with E-state index < -0.39 is 14.9 Å². The minimum Gasteiger partial charge on any atom is -0.381 e. The van der Waals surface area contributed by atoms with Crippen LogP contribution in [0.5, 0.6) is 0 Å². The Morgan fingerprint density at radius 3 is 2.50 bits per heavy atom. The van der Waals surface area contributed by atoms with Gasteiger partial charge in [0.05, 0.1) is 23.8 Å². The van der Waals surface area contributed by atoms with Gasteiger partial charge in [0.1, 0.15) is 4.90 Å². The van der Waals surface area contributed by atoms with E-state index in [1.807, 2.05) is 30.3 Å². The van der Waals surface area contributed by atoms with Gasteiger partial charge in [-0.15, -0.1) is 0 Å². The highest BCUT2D eigenvalue weighted by Gasteiger charge is 2.40. The van der Waals surface area contributed by atoms with Crippen molar-refractivity contribution in [2.24, 2.45) is 0 Å². The summed E-state index contributed by atoms with van der Waals surface area (Å²) in [5, 5.41) is 14.5. The van der Waals surface area contributed by atoms with E-state index in [9.17, 15) is 18.5 Å². The highest BCUT2D eigenvalue weighted by atomic mass is 32.2. The Balaban J connectivity index is 1.63. The Morgan fingerprint density at radius 1 is 1.11 bits per heavy atom. The summed E-state index contributed by atoms with van der Waals surface area (Å²) in [6.07, 6.45) is 0.887. The first-order valence-corrected chi connectivity index (χ1v) is 10.6. The van der Waals surface area contributed by atoms with Crippen molar-refractivity contribution in [2.75, 3.05) is 31.6 Å². The lowest BCUT2D eigenvalue weighted by atomic mass is 10.1. The van der Waals surface area contributed by atoms with Crippen molar-refractivity contribution in [3.8, 4) is 0 Å². The molecule has 8 nitrogen and oxygen atoms in total. The number of non-ortho nitro benzene ring substituents is 1. The fourth-order valence-electron chi connectivity index (χ4n) is 3.51. The molecule has 2 unspecified atom stereocenters. The predicted octanol–water partition coefficient (Wildman–Crippen LogP) is 2.58. The van der Waals surface area contributed by atoms with Crippen LogP contribution in [-0.2, 0) is 14.8 Å². The molecule has 2 aromatic rings. The number of hydrogen-bond acceptors (Lipinski definition) is 6. The Bertz CT molecular complexity index is 974. The lowest BCUT2D eigenvalue weighted by Gasteiger charge is -2.27. The fraction of sp³-hybridized carbons (Fsp3) is 0.368. The first-order valence-electron chi connectivity index (χ1n) is 9.14. The molecule has 1 heterocycles. The third-order valence-corrected chi connectivity index (χ3v) is 7.06. The average molecular weight is 403 g/mol. The molecule has 1 saturated carbocycles. The first-order chi connectivity index (χ1) is 13.5. The van der Waals surface area contributed by atoms with Crippen LogP contribution in [-0.4, -0.2) is 50.0 Å².